The zero-order valence-corrected chi connectivity index (χ0v) is 20.8. The van der Waals surface area contributed by atoms with Crippen molar-refractivity contribution in [2.24, 2.45) is 7.05 Å². The van der Waals surface area contributed by atoms with E-state index >= 15 is 0 Å². The average Bonchev–Trinajstić information content (AvgIpc) is 3.35. The molecule has 1 fully saturated rings. The predicted octanol–water partition coefficient (Wildman–Crippen LogP) is 1.38. The second-order valence-corrected chi connectivity index (χ2v) is 11.0. The van der Waals surface area contributed by atoms with Crippen LogP contribution in [0.25, 0.3) is 10.9 Å². The van der Waals surface area contributed by atoms with E-state index in [-0.39, 0.29) is 28.9 Å². The average molecular weight is 517 g/mol. The lowest BCUT2D eigenvalue weighted by Crippen LogP contribution is -2.41. The molecule has 1 aliphatic rings. The van der Waals surface area contributed by atoms with Crippen LogP contribution in [0.4, 0.5) is 4.39 Å². The SMILES string of the molecule is Cc1cc(Cn2c(=O)c3cc(S(=O)(=O)NC4(CF)CC4)ccc3n(Cc3cc(C)nn3C)c2=O)on1. The maximum absolute atomic E-state index is 13.5. The first kappa shape index (κ1) is 24.1. The third-order valence-electron chi connectivity index (χ3n) is 6.38. The van der Waals surface area contributed by atoms with E-state index in [4.69, 9.17) is 4.52 Å². The quantitative estimate of drug-likeness (QED) is 0.374. The number of hydrogen-bond acceptors (Lipinski definition) is 7. The molecule has 1 aliphatic carbocycles. The van der Waals surface area contributed by atoms with Gasteiger partial charge in [-0.25, -0.2) is 22.3 Å². The van der Waals surface area contributed by atoms with Crippen molar-refractivity contribution in [1.82, 2.24) is 28.8 Å². The van der Waals surface area contributed by atoms with Crippen molar-refractivity contribution < 1.29 is 17.3 Å². The van der Waals surface area contributed by atoms with Gasteiger partial charge in [0.05, 0.1) is 51.5 Å². The van der Waals surface area contributed by atoms with E-state index in [0.717, 1.165) is 10.3 Å². The van der Waals surface area contributed by atoms with E-state index in [0.29, 0.717) is 30.0 Å². The molecule has 0 aliphatic heterocycles. The molecule has 3 aromatic heterocycles. The molecule has 3 heterocycles. The Labute approximate surface area is 205 Å². The van der Waals surface area contributed by atoms with Crippen molar-refractivity contribution in [2.45, 2.75) is 50.2 Å². The zero-order valence-electron chi connectivity index (χ0n) is 20.0. The molecular weight excluding hydrogens is 491 g/mol. The molecule has 1 aromatic carbocycles. The third kappa shape index (κ3) is 4.28. The van der Waals surface area contributed by atoms with Gasteiger partial charge in [0, 0.05) is 13.1 Å². The first-order valence-corrected chi connectivity index (χ1v) is 12.8. The molecule has 0 spiro atoms. The van der Waals surface area contributed by atoms with Gasteiger partial charge in [0.25, 0.3) is 5.56 Å². The van der Waals surface area contributed by atoms with Crippen LogP contribution in [0.1, 0.15) is 35.7 Å². The highest BCUT2D eigenvalue weighted by atomic mass is 32.2. The van der Waals surface area contributed by atoms with Crippen molar-refractivity contribution >= 4 is 20.9 Å². The minimum absolute atomic E-state index is 0.0256. The summed E-state index contributed by atoms with van der Waals surface area (Å²) in [6.07, 6.45) is 0.812. The normalized spacial score (nSPS) is 15.0. The van der Waals surface area contributed by atoms with Crippen LogP contribution >= 0.6 is 0 Å². The van der Waals surface area contributed by atoms with Crippen LogP contribution in [0.2, 0.25) is 0 Å². The maximum Gasteiger partial charge on any atom is 0.332 e. The summed E-state index contributed by atoms with van der Waals surface area (Å²) in [6.45, 7) is 2.64. The molecule has 1 N–H and O–H groups in total. The minimum Gasteiger partial charge on any atom is -0.359 e. The summed E-state index contributed by atoms with van der Waals surface area (Å²) in [5, 5.41) is 8.14. The summed E-state index contributed by atoms with van der Waals surface area (Å²) in [5.74, 6) is 0.304. The van der Waals surface area contributed by atoms with Crippen LogP contribution in [0.3, 0.4) is 0 Å². The topological polar surface area (TPSA) is 134 Å². The Balaban J connectivity index is 1.69. The first-order chi connectivity index (χ1) is 17.0. The third-order valence-corrected chi connectivity index (χ3v) is 7.95. The molecule has 13 heteroatoms. The highest BCUT2D eigenvalue weighted by Gasteiger charge is 2.46. The van der Waals surface area contributed by atoms with Crippen LogP contribution < -0.4 is 16.0 Å². The van der Waals surface area contributed by atoms with E-state index in [1.807, 2.05) is 13.0 Å². The van der Waals surface area contributed by atoms with Crippen molar-refractivity contribution in [3.8, 4) is 0 Å². The summed E-state index contributed by atoms with van der Waals surface area (Å²) in [5.41, 5.74) is -0.0295. The van der Waals surface area contributed by atoms with Crippen LogP contribution in [0.5, 0.6) is 0 Å². The Kier molecular flexibility index (Phi) is 5.71. The fourth-order valence-electron chi connectivity index (χ4n) is 4.24. The van der Waals surface area contributed by atoms with E-state index in [9.17, 15) is 22.4 Å². The Morgan fingerprint density at radius 1 is 1.08 bits per heavy atom. The van der Waals surface area contributed by atoms with Crippen LogP contribution in [-0.2, 0) is 30.2 Å². The number of sulfonamides is 1. The van der Waals surface area contributed by atoms with Crippen molar-refractivity contribution in [2.75, 3.05) is 6.67 Å². The lowest BCUT2D eigenvalue weighted by Gasteiger charge is -2.16. The van der Waals surface area contributed by atoms with Gasteiger partial charge in [0.15, 0.2) is 5.76 Å². The molecule has 190 valence electrons. The van der Waals surface area contributed by atoms with E-state index in [1.165, 1.54) is 22.8 Å². The van der Waals surface area contributed by atoms with Gasteiger partial charge < -0.3 is 4.52 Å². The predicted molar refractivity (Wildman–Crippen MR) is 128 cm³/mol. The van der Waals surface area contributed by atoms with Crippen molar-refractivity contribution in [3.05, 3.63) is 74.0 Å². The number of aryl methyl sites for hydroxylation is 3. The van der Waals surface area contributed by atoms with E-state index < -0.39 is 33.5 Å². The molecule has 5 rings (SSSR count). The molecular formula is C23H25FN6O5S. The van der Waals surface area contributed by atoms with Crippen LogP contribution in [-0.4, -0.2) is 44.7 Å². The fraction of sp³-hybridized carbons (Fsp3) is 0.391. The second kappa shape index (κ2) is 8.52. The summed E-state index contributed by atoms with van der Waals surface area (Å²) in [4.78, 5) is 26.8. The standard InChI is InChI=1S/C23H25FN6O5S/c1-14-8-16(28(3)25-14)11-29-20-5-4-18(36(33,34)27-23(13-24)6-7-23)10-19(20)21(31)30(22(29)32)12-17-9-15(2)26-35-17/h4-5,8-10,27H,6-7,11-13H2,1-3H3. The van der Waals surface area contributed by atoms with Crippen LogP contribution in [0, 0.1) is 13.8 Å². The van der Waals surface area contributed by atoms with Crippen LogP contribution in [0.15, 0.2) is 49.3 Å². The maximum atomic E-state index is 13.5. The van der Waals surface area contributed by atoms with Gasteiger partial charge in [0.2, 0.25) is 10.0 Å². The number of alkyl halides is 1. The van der Waals surface area contributed by atoms with Gasteiger partial charge in [-0.3, -0.25) is 18.6 Å². The van der Waals surface area contributed by atoms with Gasteiger partial charge in [-0.05, 0) is 51.0 Å². The zero-order chi connectivity index (χ0) is 25.8. The Hall–Kier alpha value is -3.58. The Morgan fingerprint density at radius 3 is 2.42 bits per heavy atom. The fourth-order valence-corrected chi connectivity index (χ4v) is 5.71. The molecule has 0 bridgehead atoms. The number of rotatable bonds is 8. The lowest BCUT2D eigenvalue weighted by molar-refractivity contribution is 0.368. The smallest absolute Gasteiger partial charge is 0.332 e. The van der Waals surface area contributed by atoms with Crippen molar-refractivity contribution in [3.63, 3.8) is 0 Å². The Bertz CT molecular complexity index is 1710. The summed E-state index contributed by atoms with van der Waals surface area (Å²) in [6, 6.07) is 7.39. The number of nitrogens with one attached hydrogen (secondary N) is 1. The van der Waals surface area contributed by atoms with Gasteiger partial charge in [-0.15, -0.1) is 0 Å². The molecule has 11 nitrogen and oxygen atoms in total. The number of nitrogens with zero attached hydrogens (tertiary/aromatic N) is 5. The molecule has 0 unspecified atom stereocenters. The monoisotopic (exact) mass is 516 g/mol. The lowest BCUT2D eigenvalue weighted by atomic mass is 10.2. The molecule has 36 heavy (non-hydrogen) atoms. The number of halogens is 1. The van der Waals surface area contributed by atoms with Crippen molar-refractivity contribution in [1.29, 1.82) is 0 Å². The first-order valence-electron chi connectivity index (χ1n) is 11.3. The highest BCUT2D eigenvalue weighted by molar-refractivity contribution is 7.89. The van der Waals surface area contributed by atoms with E-state index in [1.54, 1.807) is 24.7 Å². The largest absolute Gasteiger partial charge is 0.359 e. The Morgan fingerprint density at radius 2 is 1.83 bits per heavy atom. The highest BCUT2D eigenvalue weighted by Crippen LogP contribution is 2.37. The molecule has 1 saturated carbocycles. The summed E-state index contributed by atoms with van der Waals surface area (Å²) in [7, 11) is -2.35. The summed E-state index contributed by atoms with van der Waals surface area (Å²) < 4.78 is 51.0. The minimum atomic E-state index is -4.10. The molecule has 0 amide bonds. The molecule has 0 atom stereocenters. The van der Waals surface area contributed by atoms with Gasteiger partial charge in [0.1, 0.15) is 6.67 Å². The number of hydrogen-bond donors (Lipinski definition) is 1. The van der Waals surface area contributed by atoms with Gasteiger partial charge in [-0.1, -0.05) is 5.16 Å². The number of aromatic nitrogens is 5. The van der Waals surface area contributed by atoms with E-state index in [2.05, 4.69) is 15.0 Å². The second-order valence-electron chi connectivity index (χ2n) is 9.29. The number of fused-ring (bicyclic) bond motifs is 1. The number of benzene rings is 1. The molecule has 4 aromatic rings. The molecule has 0 radical (unpaired) electrons. The van der Waals surface area contributed by atoms with Gasteiger partial charge in [-0.2, -0.15) is 5.10 Å². The summed E-state index contributed by atoms with van der Waals surface area (Å²) >= 11 is 0. The molecule has 0 saturated heterocycles. The van der Waals surface area contributed by atoms with Gasteiger partial charge >= 0.3 is 5.69 Å².